The molecule has 452 valence electrons. The van der Waals surface area contributed by atoms with Crippen molar-refractivity contribution in [2.75, 3.05) is 33.4 Å². The Kier molecular flexibility index (Phi) is 24.2. The fourth-order valence-electron chi connectivity index (χ4n) is 10.0. The van der Waals surface area contributed by atoms with Gasteiger partial charge in [-0.1, -0.05) is 78.9 Å². The van der Waals surface area contributed by atoms with Crippen LogP contribution in [0.15, 0.2) is 161 Å². The molecule has 9 rings (SSSR count). The first-order valence-electron chi connectivity index (χ1n) is 28.6. The van der Waals surface area contributed by atoms with E-state index in [0.717, 1.165) is 57.8 Å². The van der Waals surface area contributed by atoms with Gasteiger partial charge in [-0.15, -0.1) is 0 Å². The van der Waals surface area contributed by atoms with Gasteiger partial charge >= 0.3 is 23.9 Å². The molecule has 19 heteroatoms. The van der Waals surface area contributed by atoms with Crippen molar-refractivity contribution in [3.63, 3.8) is 0 Å². The number of hydrogen-bond acceptors (Lipinski definition) is 12. The summed E-state index contributed by atoms with van der Waals surface area (Å²) in [5.74, 6) is -5.05. The molecule has 0 saturated carbocycles. The summed E-state index contributed by atoms with van der Waals surface area (Å²) in [4.78, 5) is 74.4. The van der Waals surface area contributed by atoms with Gasteiger partial charge in [0, 0.05) is 81.4 Å². The number of nitrogens with zero attached hydrogens (tertiary/aromatic N) is 4. The maximum absolute atomic E-state index is 13.4. The monoisotopic (exact) mass is 1180 g/mol. The molecule has 3 heterocycles. The number of aliphatic carboxylic acids is 3. The molecule has 5 N–H and O–H groups in total. The van der Waals surface area contributed by atoms with E-state index in [1.54, 1.807) is 60.5 Å². The molecule has 0 saturated heterocycles. The second-order valence-corrected chi connectivity index (χ2v) is 21.9. The first-order valence-corrected chi connectivity index (χ1v) is 28.6. The molecule has 0 aromatic heterocycles. The van der Waals surface area contributed by atoms with Crippen LogP contribution in [0.3, 0.4) is 0 Å². The summed E-state index contributed by atoms with van der Waals surface area (Å²) in [6.45, 7) is 6.10. The van der Waals surface area contributed by atoms with Gasteiger partial charge in [-0.05, 0) is 147 Å². The van der Waals surface area contributed by atoms with Crippen LogP contribution >= 0.6 is 0 Å². The lowest BCUT2D eigenvalue weighted by Crippen LogP contribution is -2.46. The fourth-order valence-corrected chi connectivity index (χ4v) is 10.0. The third-order valence-electron chi connectivity index (χ3n) is 14.9. The first kappa shape index (κ1) is 64.9. The number of ether oxygens (including phenoxy) is 2. The number of benzene rings is 6. The van der Waals surface area contributed by atoms with Crippen LogP contribution in [0.25, 0.3) is 0 Å². The Morgan fingerprint density at radius 2 is 1.02 bits per heavy atom. The summed E-state index contributed by atoms with van der Waals surface area (Å²) in [6.07, 6.45) is 4.95. The SMILES string of the molecule is CN(C(=O)CC[C@H](CC1=Nc2ccc(F)cc2C1)C(=O)O)C(C)(C)Cc1ccccc1.O=C(O)[C@@H](CC1=Nc2ccc(F)cc2C1)NCCCCOCc1ccccc1.O=C(OCCN[C@H](CC1=Nc2ccc(F)cc2C1)C(=O)O)c1ccccc1. The average Bonchev–Trinajstić information content (AvgIpc) is 2.67. The predicted molar refractivity (Wildman–Crippen MR) is 324 cm³/mol. The number of carbonyl (C=O) groups is 5. The highest BCUT2D eigenvalue weighted by atomic mass is 19.1. The van der Waals surface area contributed by atoms with E-state index in [-0.39, 0.29) is 62.2 Å². The lowest BCUT2D eigenvalue weighted by atomic mass is 9.91. The Balaban J connectivity index is 0.000000185. The van der Waals surface area contributed by atoms with Crippen molar-refractivity contribution < 1.29 is 61.9 Å². The molecule has 0 radical (unpaired) electrons. The molecule has 3 aliphatic rings. The molecule has 86 heavy (non-hydrogen) atoms. The zero-order valence-electron chi connectivity index (χ0n) is 48.5. The van der Waals surface area contributed by atoms with Crippen molar-refractivity contribution in [3.05, 3.63) is 196 Å². The van der Waals surface area contributed by atoms with Crippen molar-refractivity contribution in [1.29, 1.82) is 0 Å². The zero-order chi connectivity index (χ0) is 61.6. The molecular weight excluding hydrogens is 1110 g/mol. The lowest BCUT2D eigenvalue weighted by Gasteiger charge is -2.36. The number of hydrogen-bond donors (Lipinski definition) is 5. The molecule has 0 bridgehead atoms. The van der Waals surface area contributed by atoms with Crippen LogP contribution in [0, 0.1) is 23.4 Å². The van der Waals surface area contributed by atoms with E-state index in [0.29, 0.717) is 74.5 Å². The number of carboxylic acid groups (broad SMARTS) is 3. The summed E-state index contributed by atoms with van der Waals surface area (Å²) in [7, 11) is 1.77. The molecule has 0 aliphatic carbocycles. The van der Waals surface area contributed by atoms with Crippen LogP contribution in [-0.2, 0) is 60.9 Å². The number of esters is 1. The maximum Gasteiger partial charge on any atom is 0.338 e. The van der Waals surface area contributed by atoms with Gasteiger partial charge in [-0.2, -0.15) is 0 Å². The first-order chi connectivity index (χ1) is 41.3. The summed E-state index contributed by atoms with van der Waals surface area (Å²) in [5, 5.41) is 34.5. The second-order valence-electron chi connectivity index (χ2n) is 21.9. The molecule has 6 aromatic carbocycles. The number of carbonyl (C=O) groups excluding carboxylic acids is 2. The van der Waals surface area contributed by atoms with Gasteiger partial charge in [0.2, 0.25) is 5.91 Å². The fraction of sp³-hybridized carbons (Fsp3) is 0.343. The molecule has 16 nitrogen and oxygen atoms in total. The van der Waals surface area contributed by atoms with Gasteiger partial charge in [0.05, 0.1) is 35.2 Å². The van der Waals surface area contributed by atoms with Gasteiger partial charge in [-0.3, -0.25) is 34.2 Å². The summed E-state index contributed by atoms with van der Waals surface area (Å²) in [6, 6.07) is 40.2. The van der Waals surface area contributed by atoms with E-state index < -0.39 is 47.4 Å². The largest absolute Gasteiger partial charge is 0.481 e. The topological polar surface area (TPSA) is 229 Å². The summed E-state index contributed by atoms with van der Waals surface area (Å²) in [5.41, 5.74) is 8.95. The highest BCUT2D eigenvalue weighted by molar-refractivity contribution is 5.98. The van der Waals surface area contributed by atoms with Gasteiger partial charge in [0.15, 0.2) is 0 Å². The predicted octanol–water partition coefficient (Wildman–Crippen LogP) is 11.4. The van der Waals surface area contributed by atoms with Crippen LogP contribution in [0.4, 0.5) is 30.2 Å². The van der Waals surface area contributed by atoms with Crippen molar-refractivity contribution >= 4 is 64.0 Å². The highest BCUT2D eigenvalue weighted by Crippen LogP contribution is 2.32. The van der Waals surface area contributed by atoms with Gasteiger partial charge in [0.25, 0.3) is 0 Å². The van der Waals surface area contributed by atoms with Gasteiger partial charge < -0.3 is 40.3 Å². The Hall–Kier alpha value is -8.65. The minimum absolute atomic E-state index is 0.0510. The molecule has 3 atom stereocenters. The number of fused-ring (bicyclic) bond motifs is 3. The smallest absolute Gasteiger partial charge is 0.338 e. The summed E-state index contributed by atoms with van der Waals surface area (Å²) >= 11 is 0. The Labute approximate surface area is 498 Å². The van der Waals surface area contributed by atoms with Gasteiger partial charge in [-0.25, -0.2) is 18.0 Å². The third-order valence-corrected chi connectivity index (χ3v) is 14.9. The number of unbranched alkanes of at least 4 members (excludes halogenated alkanes) is 1. The standard InChI is InChI=1S/C25H29FN2O3.C22H25FN2O3.C20H19FN2O4/c1-25(2,16-17-7-5-4-6-8-17)28(3)23(29)12-9-18(24(30)31)14-21-15-19-13-20(26)10-11-22(19)27-21;23-18-8-9-20-17(12-18)13-19(25-20)14-21(22(26)27)24-10-4-5-11-28-15-16-6-2-1-3-7-16;21-15-6-7-17-14(10-15)11-16(23-17)12-18(19(24)25)22-8-9-27-20(26)13-4-2-1-3-5-13/h4-8,10-11,13,18H,9,12,14-16H2,1-3H3,(H,30,31);1-3,6-9,12,21,24H,4-5,10-11,13-15H2,(H,26,27);1-7,10,18,22H,8-9,11-12H2,(H,24,25)/t18-;21-;18-/m111/s1. The number of likely N-dealkylation sites (N-methyl/N-ethyl adjacent to an activating group) is 1. The van der Waals surface area contributed by atoms with E-state index in [4.69, 9.17) is 9.47 Å². The maximum atomic E-state index is 13.4. The molecule has 0 fully saturated rings. The number of rotatable bonds is 28. The molecule has 0 spiro atoms. The van der Waals surface area contributed by atoms with E-state index in [2.05, 4.69) is 25.6 Å². The van der Waals surface area contributed by atoms with Crippen molar-refractivity contribution in [3.8, 4) is 0 Å². The number of halogens is 3. The molecule has 1 amide bonds. The number of amides is 1. The minimum Gasteiger partial charge on any atom is -0.481 e. The lowest BCUT2D eigenvalue weighted by molar-refractivity contribution is -0.143. The Bertz CT molecular complexity index is 3380. The van der Waals surface area contributed by atoms with Crippen molar-refractivity contribution in [1.82, 2.24) is 15.5 Å². The zero-order valence-corrected chi connectivity index (χ0v) is 48.5. The molecular formula is C67H73F3N6O10. The molecule has 0 unspecified atom stereocenters. The minimum atomic E-state index is -1.02. The second kappa shape index (κ2) is 32.0. The van der Waals surface area contributed by atoms with E-state index in [9.17, 15) is 52.5 Å². The van der Waals surface area contributed by atoms with Crippen LogP contribution in [0.2, 0.25) is 0 Å². The van der Waals surface area contributed by atoms with E-state index in [1.165, 1.54) is 36.4 Å². The number of nitrogens with one attached hydrogen (secondary N) is 2. The third kappa shape index (κ3) is 20.3. The Morgan fingerprint density at radius 3 is 1.50 bits per heavy atom. The van der Waals surface area contributed by atoms with Crippen molar-refractivity contribution in [2.45, 2.75) is 109 Å². The number of aliphatic imine (C=N–C) groups is 3. The van der Waals surface area contributed by atoms with Crippen LogP contribution in [0.1, 0.15) is 97.0 Å². The average molecular weight is 1180 g/mol. The van der Waals surface area contributed by atoms with Crippen LogP contribution in [-0.4, -0.2) is 118 Å². The van der Waals surface area contributed by atoms with Crippen molar-refractivity contribution in [2.24, 2.45) is 20.9 Å². The van der Waals surface area contributed by atoms with E-state index >= 15 is 0 Å². The normalized spacial score (nSPS) is 13.8. The quantitative estimate of drug-likeness (QED) is 0.0228. The van der Waals surface area contributed by atoms with Gasteiger partial charge in [0.1, 0.15) is 36.1 Å². The molecule has 6 aromatic rings. The van der Waals surface area contributed by atoms with Crippen LogP contribution < -0.4 is 10.6 Å². The summed E-state index contributed by atoms with van der Waals surface area (Å²) < 4.78 is 50.7. The highest BCUT2D eigenvalue weighted by Gasteiger charge is 2.31. The van der Waals surface area contributed by atoms with Crippen LogP contribution in [0.5, 0.6) is 0 Å². The van der Waals surface area contributed by atoms with E-state index in [1.807, 2.05) is 74.5 Å². The Morgan fingerprint density at radius 1 is 0.570 bits per heavy atom. The number of carboxylic acids is 3. The molecule has 3 aliphatic heterocycles.